The molecule has 23 heavy (non-hydrogen) atoms. The molecule has 2 rings (SSSR count). The third-order valence-corrected chi connectivity index (χ3v) is 3.24. The minimum atomic E-state index is -0.881. The monoisotopic (exact) mass is 315 g/mol. The standard InChI is InChI=1S/C18H18FNO3/c1-13-3-2-4-17(18(13)19)23-12-15(21)11-22-16-7-5-14(6-8-16)9-10-20/h2-8,15,21H,9,11-12H2,1H3. The Morgan fingerprint density at radius 3 is 2.52 bits per heavy atom. The fourth-order valence-electron chi connectivity index (χ4n) is 1.95. The average molecular weight is 315 g/mol. The summed E-state index contributed by atoms with van der Waals surface area (Å²) in [6.07, 6.45) is -0.535. The second-order valence-corrected chi connectivity index (χ2v) is 5.14. The third kappa shape index (κ3) is 4.97. The normalized spacial score (nSPS) is 11.6. The first-order chi connectivity index (χ1) is 11.1. The van der Waals surface area contributed by atoms with Crippen molar-refractivity contribution in [1.29, 1.82) is 5.26 Å². The molecule has 0 aliphatic carbocycles. The molecule has 0 bridgehead atoms. The molecular formula is C18H18FNO3. The van der Waals surface area contributed by atoms with E-state index in [-0.39, 0.29) is 19.0 Å². The lowest BCUT2D eigenvalue weighted by molar-refractivity contribution is 0.0612. The Morgan fingerprint density at radius 1 is 1.13 bits per heavy atom. The van der Waals surface area contributed by atoms with E-state index in [0.717, 1.165) is 5.56 Å². The van der Waals surface area contributed by atoms with Gasteiger partial charge in [-0.2, -0.15) is 5.26 Å². The van der Waals surface area contributed by atoms with E-state index in [1.165, 1.54) is 6.07 Å². The molecule has 2 aromatic carbocycles. The predicted molar refractivity (Wildman–Crippen MR) is 83.9 cm³/mol. The van der Waals surface area contributed by atoms with E-state index in [2.05, 4.69) is 6.07 Å². The van der Waals surface area contributed by atoms with Crippen molar-refractivity contribution in [2.24, 2.45) is 0 Å². The molecule has 1 unspecified atom stereocenters. The number of halogens is 1. The highest BCUT2D eigenvalue weighted by Gasteiger charge is 2.10. The minimum Gasteiger partial charge on any atom is -0.491 e. The number of hydrogen-bond donors (Lipinski definition) is 1. The zero-order chi connectivity index (χ0) is 16.7. The van der Waals surface area contributed by atoms with Gasteiger partial charge in [-0.3, -0.25) is 0 Å². The van der Waals surface area contributed by atoms with Gasteiger partial charge in [0.2, 0.25) is 0 Å². The molecule has 2 aromatic rings. The van der Waals surface area contributed by atoms with E-state index in [9.17, 15) is 9.50 Å². The molecule has 5 heteroatoms. The van der Waals surface area contributed by atoms with Gasteiger partial charge in [-0.1, -0.05) is 24.3 Å². The summed E-state index contributed by atoms with van der Waals surface area (Å²) in [5, 5.41) is 18.5. The summed E-state index contributed by atoms with van der Waals surface area (Å²) in [5.41, 5.74) is 1.39. The Labute approximate surface area is 134 Å². The molecule has 0 aromatic heterocycles. The molecule has 0 aliphatic heterocycles. The van der Waals surface area contributed by atoms with Crippen molar-refractivity contribution in [3.8, 4) is 17.6 Å². The van der Waals surface area contributed by atoms with Crippen molar-refractivity contribution in [3.63, 3.8) is 0 Å². The number of hydrogen-bond acceptors (Lipinski definition) is 4. The lowest BCUT2D eigenvalue weighted by Gasteiger charge is -2.14. The van der Waals surface area contributed by atoms with Crippen LogP contribution >= 0.6 is 0 Å². The van der Waals surface area contributed by atoms with Crippen LogP contribution in [-0.4, -0.2) is 24.4 Å². The van der Waals surface area contributed by atoms with Crippen LogP contribution in [0.15, 0.2) is 42.5 Å². The van der Waals surface area contributed by atoms with Crippen molar-refractivity contribution in [1.82, 2.24) is 0 Å². The van der Waals surface area contributed by atoms with E-state index in [0.29, 0.717) is 17.7 Å². The van der Waals surface area contributed by atoms with Crippen molar-refractivity contribution in [3.05, 3.63) is 59.4 Å². The van der Waals surface area contributed by atoms with Crippen molar-refractivity contribution >= 4 is 0 Å². The van der Waals surface area contributed by atoms with Crippen LogP contribution < -0.4 is 9.47 Å². The van der Waals surface area contributed by atoms with E-state index in [4.69, 9.17) is 14.7 Å². The summed E-state index contributed by atoms with van der Waals surface area (Å²) in [6, 6.07) is 14.0. The summed E-state index contributed by atoms with van der Waals surface area (Å²) in [5.74, 6) is 0.283. The number of aryl methyl sites for hydroxylation is 1. The lowest BCUT2D eigenvalue weighted by atomic mass is 10.2. The second-order valence-electron chi connectivity index (χ2n) is 5.14. The van der Waals surface area contributed by atoms with Crippen molar-refractivity contribution in [2.75, 3.05) is 13.2 Å². The Kier molecular flexibility index (Phi) is 5.95. The van der Waals surface area contributed by atoms with Crippen LogP contribution in [0.25, 0.3) is 0 Å². The van der Waals surface area contributed by atoms with Crippen molar-refractivity contribution < 1.29 is 19.0 Å². The van der Waals surface area contributed by atoms with Crippen LogP contribution in [0.2, 0.25) is 0 Å². The molecule has 0 fully saturated rings. The Morgan fingerprint density at radius 2 is 1.83 bits per heavy atom. The highest BCUT2D eigenvalue weighted by molar-refractivity contribution is 5.30. The number of nitriles is 1. The average Bonchev–Trinajstić information content (AvgIpc) is 2.56. The highest BCUT2D eigenvalue weighted by Crippen LogP contribution is 2.20. The molecule has 0 spiro atoms. The summed E-state index contributed by atoms with van der Waals surface area (Å²) < 4.78 is 24.5. The Bertz CT molecular complexity index is 680. The zero-order valence-electron chi connectivity index (χ0n) is 12.8. The van der Waals surface area contributed by atoms with E-state index in [1.807, 2.05) is 0 Å². The molecular weight excluding hydrogens is 297 g/mol. The number of aliphatic hydroxyl groups is 1. The van der Waals surface area contributed by atoms with Gasteiger partial charge >= 0.3 is 0 Å². The second kappa shape index (κ2) is 8.16. The summed E-state index contributed by atoms with van der Waals surface area (Å²) in [7, 11) is 0. The molecule has 0 heterocycles. The summed E-state index contributed by atoms with van der Waals surface area (Å²) in [4.78, 5) is 0. The number of rotatable bonds is 7. The third-order valence-electron chi connectivity index (χ3n) is 3.24. The molecule has 0 amide bonds. The fourth-order valence-corrected chi connectivity index (χ4v) is 1.95. The largest absolute Gasteiger partial charge is 0.491 e. The number of ether oxygens (including phenoxy) is 2. The van der Waals surface area contributed by atoms with E-state index in [1.54, 1.807) is 43.3 Å². The summed E-state index contributed by atoms with van der Waals surface area (Å²) in [6.45, 7) is 1.62. The quantitative estimate of drug-likeness (QED) is 0.853. The topological polar surface area (TPSA) is 62.5 Å². The van der Waals surface area contributed by atoms with Gasteiger partial charge in [-0.25, -0.2) is 4.39 Å². The smallest absolute Gasteiger partial charge is 0.167 e. The van der Waals surface area contributed by atoms with Gasteiger partial charge < -0.3 is 14.6 Å². The van der Waals surface area contributed by atoms with Gasteiger partial charge in [0.25, 0.3) is 0 Å². The zero-order valence-corrected chi connectivity index (χ0v) is 12.8. The number of benzene rings is 2. The van der Waals surface area contributed by atoms with Gasteiger partial charge in [0.1, 0.15) is 25.1 Å². The van der Waals surface area contributed by atoms with Gasteiger partial charge in [-0.05, 0) is 36.2 Å². The highest BCUT2D eigenvalue weighted by atomic mass is 19.1. The van der Waals surface area contributed by atoms with Crippen LogP contribution in [0.4, 0.5) is 4.39 Å². The van der Waals surface area contributed by atoms with Crippen LogP contribution in [0.1, 0.15) is 11.1 Å². The molecule has 0 saturated carbocycles. The maximum Gasteiger partial charge on any atom is 0.167 e. The molecule has 1 N–H and O–H groups in total. The molecule has 1 atom stereocenters. The number of aliphatic hydroxyl groups excluding tert-OH is 1. The van der Waals surface area contributed by atoms with Crippen LogP contribution in [0, 0.1) is 24.1 Å². The van der Waals surface area contributed by atoms with Gasteiger partial charge in [-0.15, -0.1) is 0 Å². The van der Waals surface area contributed by atoms with Crippen LogP contribution in [0.3, 0.4) is 0 Å². The van der Waals surface area contributed by atoms with Gasteiger partial charge in [0.05, 0.1) is 12.5 Å². The predicted octanol–water partition coefficient (Wildman–Crippen LogP) is 3.02. The summed E-state index contributed by atoms with van der Waals surface area (Å²) >= 11 is 0. The first-order valence-corrected chi connectivity index (χ1v) is 7.25. The van der Waals surface area contributed by atoms with Gasteiger partial charge in [0.15, 0.2) is 11.6 Å². The Hall–Kier alpha value is -2.58. The maximum absolute atomic E-state index is 13.7. The first-order valence-electron chi connectivity index (χ1n) is 7.25. The molecule has 4 nitrogen and oxygen atoms in total. The van der Waals surface area contributed by atoms with E-state index >= 15 is 0 Å². The fraction of sp³-hybridized carbons (Fsp3) is 0.278. The maximum atomic E-state index is 13.7. The minimum absolute atomic E-state index is 0.0328. The molecule has 0 aliphatic rings. The molecule has 0 saturated heterocycles. The van der Waals surface area contributed by atoms with Crippen LogP contribution in [0.5, 0.6) is 11.5 Å². The van der Waals surface area contributed by atoms with Crippen molar-refractivity contribution in [2.45, 2.75) is 19.4 Å². The SMILES string of the molecule is Cc1cccc(OCC(O)COc2ccc(CC#N)cc2)c1F. The lowest BCUT2D eigenvalue weighted by Crippen LogP contribution is -2.25. The number of nitrogens with zero attached hydrogens (tertiary/aromatic N) is 1. The van der Waals surface area contributed by atoms with Gasteiger partial charge in [0, 0.05) is 0 Å². The van der Waals surface area contributed by atoms with E-state index < -0.39 is 11.9 Å². The Balaban J connectivity index is 1.80. The van der Waals surface area contributed by atoms with Crippen LogP contribution in [-0.2, 0) is 6.42 Å². The molecule has 120 valence electrons. The first kappa shape index (κ1) is 16.8. The molecule has 0 radical (unpaired) electrons.